The van der Waals surface area contributed by atoms with Gasteiger partial charge in [0.2, 0.25) is 0 Å². The van der Waals surface area contributed by atoms with Gasteiger partial charge in [0.05, 0.1) is 11.4 Å². The molecule has 0 aliphatic carbocycles. The molecule has 0 radical (unpaired) electrons. The van der Waals surface area contributed by atoms with Crippen LogP contribution in [0.25, 0.3) is 11.1 Å². The van der Waals surface area contributed by atoms with Crippen LogP contribution in [0.2, 0.25) is 0 Å². The number of anilines is 2. The van der Waals surface area contributed by atoms with Crippen molar-refractivity contribution in [3.05, 3.63) is 72.8 Å². The second-order valence-electron chi connectivity index (χ2n) is 5.76. The molecule has 0 saturated carbocycles. The van der Waals surface area contributed by atoms with Crippen molar-refractivity contribution in [3.63, 3.8) is 0 Å². The van der Waals surface area contributed by atoms with E-state index in [0.717, 1.165) is 45.2 Å². The van der Waals surface area contributed by atoms with Crippen molar-refractivity contribution in [2.75, 3.05) is 9.80 Å². The van der Waals surface area contributed by atoms with E-state index in [4.69, 9.17) is 0 Å². The predicted molar refractivity (Wildman–Crippen MR) is 95.1 cm³/mol. The summed E-state index contributed by atoms with van der Waals surface area (Å²) in [5.74, 6) is -2.08. The van der Waals surface area contributed by atoms with Crippen LogP contribution >= 0.6 is 0 Å². The topological polar surface area (TPSA) is 74.8 Å². The number of benzene rings is 2. The molecule has 2 aromatic rings. The van der Waals surface area contributed by atoms with Crippen LogP contribution in [0.4, 0.5) is 11.4 Å². The van der Waals surface area contributed by atoms with E-state index in [1.807, 2.05) is 30.3 Å². The minimum Gasteiger partial charge on any atom is -0.269 e. The molecule has 0 atom stereocenters. The van der Waals surface area contributed by atoms with Gasteiger partial charge in [-0.2, -0.15) is 0 Å². The molecule has 0 N–H and O–H groups in total. The smallest absolute Gasteiger partial charge is 0.258 e. The Labute approximate surface area is 148 Å². The van der Waals surface area contributed by atoms with E-state index >= 15 is 0 Å². The van der Waals surface area contributed by atoms with Gasteiger partial charge in [-0.05, 0) is 23.3 Å². The third kappa shape index (κ3) is 2.44. The van der Waals surface area contributed by atoms with Gasteiger partial charge >= 0.3 is 0 Å². The Morgan fingerprint density at radius 1 is 0.500 bits per heavy atom. The van der Waals surface area contributed by atoms with Gasteiger partial charge in [-0.25, -0.2) is 9.80 Å². The van der Waals surface area contributed by atoms with Crippen molar-refractivity contribution < 1.29 is 19.2 Å². The number of carbonyl (C=O) groups excluding carboxylic acids is 4. The summed E-state index contributed by atoms with van der Waals surface area (Å²) in [6.45, 7) is 0. The van der Waals surface area contributed by atoms with Gasteiger partial charge in [0.15, 0.2) is 0 Å². The average Bonchev–Trinajstić information content (AvgIpc) is 3.16. The molecule has 0 saturated heterocycles. The summed E-state index contributed by atoms with van der Waals surface area (Å²) >= 11 is 0. The zero-order valence-electron chi connectivity index (χ0n) is 13.5. The van der Waals surface area contributed by atoms with Crippen LogP contribution in [0.1, 0.15) is 0 Å². The summed E-state index contributed by atoms with van der Waals surface area (Å²) in [6, 6.07) is 14.3. The Kier molecular flexibility index (Phi) is 3.58. The molecule has 2 aromatic carbocycles. The summed E-state index contributed by atoms with van der Waals surface area (Å²) in [5.41, 5.74) is 2.01. The average molecular weight is 344 g/mol. The van der Waals surface area contributed by atoms with Crippen molar-refractivity contribution in [3.8, 4) is 11.1 Å². The van der Waals surface area contributed by atoms with Gasteiger partial charge in [0.25, 0.3) is 23.6 Å². The van der Waals surface area contributed by atoms with E-state index < -0.39 is 23.6 Å². The number of imide groups is 2. The first kappa shape index (κ1) is 15.7. The van der Waals surface area contributed by atoms with E-state index in [9.17, 15) is 19.2 Å². The number of carbonyl (C=O) groups is 4. The Morgan fingerprint density at radius 2 is 1.00 bits per heavy atom. The number of nitrogens with zero attached hydrogens (tertiary/aromatic N) is 2. The minimum atomic E-state index is -0.520. The third-order valence-electron chi connectivity index (χ3n) is 4.18. The summed E-state index contributed by atoms with van der Waals surface area (Å²) < 4.78 is 0. The highest BCUT2D eigenvalue weighted by molar-refractivity contribution is 6.33. The highest BCUT2D eigenvalue weighted by Crippen LogP contribution is 2.37. The van der Waals surface area contributed by atoms with E-state index in [0.29, 0.717) is 0 Å². The zero-order chi connectivity index (χ0) is 18.3. The molecule has 2 aliphatic heterocycles. The molecule has 0 spiro atoms. The van der Waals surface area contributed by atoms with Gasteiger partial charge in [-0.15, -0.1) is 0 Å². The fourth-order valence-corrected chi connectivity index (χ4v) is 2.98. The standard InChI is InChI=1S/C20H12N2O4/c23-17-8-9-18(24)21(17)15-7-6-14(13-4-2-1-3-5-13)12-16(15)22-19(25)10-11-20(22)26/h1-12H. The Balaban J connectivity index is 1.89. The lowest BCUT2D eigenvalue weighted by Crippen LogP contribution is -2.35. The van der Waals surface area contributed by atoms with Crippen LogP contribution in [-0.2, 0) is 19.2 Å². The largest absolute Gasteiger partial charge is 0.269 e. The molecule has 0 fully saturated rings. The predicted octanol–water partition coefficient (Wildman–Crippen LogP) is 2.21. The summed E-state index contributed by atoms with van der Waals surface area (Å²) in [5, 5.41) is 0. The Hall–Kier alpha value is -3.80. The Morgan fingerprint density at radius 3 is 1.54 bits per heavy atom. The minimum absolute atomic E-state index is 0.190. The van der Waals surface area contributed by atoms with Gasteiger partial charge in [0.1, 0.15) is 0 Å². The Bertz CT molecular complexity index is 985. The van der Waals surface area contributed by atoms with Gasteiger partial charge in [-0.3, -0.25) is 19.2 Å². The van der Waals surface area contributed by atoms with Crippen LogP contribution in [0, 0.1) is 0 Å². The maximum absolute atomic E-state index is 12.2. The molecule has 126 valence electrons. The highest BCUT2D eigenvalue weighted by Gasteiger charge is 2.33. The molecule has 2 aliphatic rings. The molecule has 0 aromatic heterocycles. The van der Waals surface area contributed by atoms with Crippen molar-refractivity contribution in [2.24, 2.45) is 0 Å². The van der Waals surface area contributed by atoms with E-state index in [2.05, 4.69) is 0 Å². The molecular formula is C20H12N2O4. The second-order valence-corrected chi connectivity index (χ2v) is 5.76. The van der Waals surface area contributed by atoms with Crippen LogP contribution in [0.5, 0.6) is 0 Å². The van der Waals surface area contributed by atoms with Crippen LogP contribution < -0.4 is 9.80 Å². The summed E-state index contributed by atoms with van der Waals surface area (Å²) in [6.07, 6.45) is 4.63. The number of hydrogen-bond donors (Lipinski definition) is 0. The second kappa shape index (κ2) is 5.93. The van der Waals surface area contributed by atoms with Crippen molar-refractivity contribution >= 4 is 35.0 Å². The maximum atomic E-state index is 12.2. The third-order valence-corrected chi connectivity index (χ3v) is 4.18. The quantitative estimate of drug-likeness (QED) is 0.800. The van der Waals surface area contributed by atoms with E-state index in [1.165, 1.54) is 0 Å². The van der Waals surface area contributed by atoms with Crippen molar-refractivity contribution in [1.82, 2.24) is 0 Å². The summed E-state index contributed by atoms with van der Waals surface area (Å²) in [7, 11) is 0. The molecule has 2 heterocycles. The molecule has 4 rings (SSSR count). The molecule has 6 heteroatoms. The number of amides is 4. The monoisotopic (exact) mass is 344 g/mol. The number of hydrogen-bond acceptors (Lipinski definition) is 4. The first-order chi connectivity index (χ1) is 12.6. The van der Waals surface area contributed by atoms with Gasteiger partial charge < -0.3 is 0 Å². The van der Waals surface area contributed by atoms with Crippen LogP contribution in [0.15, 0.2) is 72.8 Å². The molecular weight excluding hydrogens is 332 g/mol. The fourth-order valence-electron chi connectivity index (χ4n) is 2.98. The summed E-state index contributed by atoms with van der Waals surface area (Å²) in [4.78, 5) is 50.4. The van der Waals surface area contributed by atoms with Crippen LogP contribution in [-0.4, -0.2) is 23.6 Å². The zero-order valence-corrected chi connectivity index (χ0v) is 13.5. The normalized spacial score (nSPS) is 16.3. The van der Waals surface area contributed by atoms with Crippen molar-refractivity contribution in [2.45, 2.75) is 0 Å². The van der Waals surface area contributed by atoms with Crippen molar-refractivity contribution in [1.29, 1.82) is 0 Å². The first-order valence-corrected chi connectivity index (χ1v) is 7.88. The SMILES string of the molecule is O=C1C=CC(=O)N1c1ccc(-c2ccccc2)cc1N1C(=O)C=CC1=O. The van der Waals surface area contributed by atoms with Gasteiger partial charge in [0, 0.05) is 24.3 Å². The molecule has 4 amide bonds. The molecule has 0 bridgehead atoms. The van der Waals surface area contributed by atoms with Crippen LogP contribution in [0.3, 0.4) is 0 Å². The lowest BCUT2D eigenvalue weighted by Gasteiger charge is -2.23. The van der Waals surface area contributed by atoms with E-state index in [1.54, 1.807) is 18.2 Å². The molecule has 26 heavy (non-hydrogen) atoms. The first-order valence-electron chi connectivity index (χ1n) is 7.88. The fraction of sp³-hybridized carbons (Fsp3) is 0. The number of rotatable bonds is 3. The maximum Gasteiger partial charge on any atom is 0.258 e. The molecule has 6 nitrogen and oxygen atoms in total. The molecule has 0 unspecified atom stereocenters. The van der Waals surface area contributed by atoms with E-state index in [-0.39, 0.29) is 11.4 Å². The lowest BCUT2D eigenvalue weighted by atomic mass is 10.0. The lowest BCUT2D eigenvalue weighted by molar-refractivity contribution is -0.122. The van der Waals surface area contributed by atoms with Gasteiger partial charge in [-0.1, -0.05) is 36.4 Å². The highest BCUT2D eigenvalue weighted by atomic mass is 16.2.